The maximum Gasteiger partial charge on any atom is 0.324 e. The summed E-state index contributed by atoms with van der Waals surface area (Å²) in [6.45, 7) is 0. The van der Waals surface area contributed by atoms with Crippen molar-refractivity contribution >= 4 is 5.97 Å². The SMILES string of the molecule is NC1(C(=O)O)CCCc2ccccc2C1. The summed E-state index contributed by atoms with van der Waals surface area (Å²) in [7, 11) is 0. The van der Waals surface area contributed by atoms with Crippen molar-refractivity contribution in [1.82, 2.24) is 0 Å². The van der Waals surface area contributed by atoms with Gasteiger partial charge in [0, 0.05) is 6.42 Å². The molecule has 0 saturated carbocycles. The Kier molecular flexibility index (Phi) is 2.49. The van der Waals surface area contributed by atoms with Gasteiger partial charge >= 0.3 is 5.97 Å². The van der Waals surface area contributed by atoms with Crippen molar-refractivity contribution in [3.63, 3.8) is 0 Å². The molecule has 1 atom stereocenters. The molecule has 0 spiro atoms. The fraction of sp³-hybridized carbons (Fsp3) is 0.417. The molecule has 3 nitrogen and oxygen atoms in total. The molecule has 0 bridgehead atoms. The average Bonchev–Trinajstić information content (AvgIpc) is 2.36. The van der Waals surface area contributed by atoms with E-state index in [2.05, 4.69) is 6.07 Å². The average molecular weight is 205 g/mol. The maximum absolute atomic E-state index is 11.1. The molecular formula is C12H15NO2. The molecule has 1 aromatic carbocycles. The molecule has 0 fully saturated rings. The van der Waals surface area contributed by atoms with Gasteiger partial charge in [-0.1, -0.05) is 24.3 Å². The number of carboxylic acids is 1. The number of aliphatic carboxylic acids is 1. The third kappa shape index (κ3) is 1.88. The van der Waals surface area contributed by atoms with Crippen LogP contribution >= 0.6 is 0 Å². The molecular weight excluding hydrogens is 190 g/mol. The van der Waals surface area contributed by atoms with E-state index in [1.54, 1.807) is 0 Å². The molecule has 0 heterocycles. The first-order valence-electron chi connectivity index (χ1n) is 5.21. The Morgan fingerprint density at radius 3 is 2.67 bits per heavy atom. The minimum atomic E-state index is -1.08. The lowest BCUT2D eigenvalue weighted by Crippen LogP contribution is -2.49. The predicted molar refractivity (Wildman–Crippen MR) is 57.6 cm³/mol. The molecule has 1 unspecified atom stereocenters. The second-order valence-corrected chi connectivity index (χ2v) is 4.26. The second-order valence-electron chi connectivity index (χ2n) is 4.26. The highest BCUT2D eigenvalue weighted by molar-refractivity contribution is 5.79. The van der Waals surface area contributed by atoms with Crippen molar-refractivity contribution in [3.05, 3.63) is 35.4 Å². The lowest BCUT2D eigenvalue weighted by molar-refractivity contribution is -0.143. The van der Waals surface area contributed by atoms with Gasteiger partial charge in [-0.15, -0.1) is 0 Å². The van der Waals surface area contributed by atoms with E-state index < -0.39 is 11.5 Å². The molecule has 80 valence electrons. The highest BCUT2D eigenvalue weighted by atomic mass is 16.4. The number of aryl methyl sites for hydroxylation is 1. The number of carboxylic acid groups (broad SMARTS) is 1. The van der Waals surface area contributed by atoms with Gasteiger partial charge in [0.05, 0.1) is 0 Å². The summed E-state index contributed by atoms with van der Waals surface area (Å²) in [6.07, 6.45) is 2.78. The van der Waals surface area contributed by atoms with Crippen LogP contribution in [0.15, 0.2) is 24.3 Å². The Balaban J connectivity index is 2.36. The largest absolute Gasteiger partial charge is 0.480 e. The Hall–Kier alpha value is -1.35. The van der Waals surface area contributed by atoms with Gasteiger partial charge in [0.15, 0.2) is 0 Å². The molecule has 0 saturated heterocycles. The number of fused-ring (bicyclic) bond motifs is 1. The van der Waals surface area contributed by atoms with Crippen LogP contribution in [0.4, 0.5) is 0 Å². The van der Waals surface area contributed by atoms with Crippen molar-refractivity contribution in [2.24, 2.45) is 5.73 Å². The monoisotopic (exact) mass is 205 g/mol. The number of benzene rings is 1. The van der Waals surface area contributed by atoms with Crippen LogP contribution in [0, 0.1) is 0 Å². The third-order valence-electron chi connectivity index (χ3n) is 3.12. The molecule has 1 aliphatic rings. The summed E-state index contributed by atoms with van der Waals surface area (Å²) in [5.41, 5.74) is 7.17. The minimum Gasteiger partial charge on any atom is -0.480 e. The molecule has 3 N–H and O–H groups in total. The molecule has 0 aliphatic heterocycles. The third-order valence-corrected chi connectivity index (χ3v) is 3.12. The van der Waals surface area contributed by atoms with Gasteiger partial charge in [0.2, 0.25) is 0 Å². The fourth-order valence-electron chi connectivity index (χ4n) is 2.18. The summed E-state index contributed by atoms with van der Waals surface area (Å²) >= 11 is 0. The van der Waals surface area contributed by atoms with Crippen LogP contribution in [0.5, 0.6) is 0 Å². The number of nitrogens with two attached hydrogens (primary N) is 1. The summed E-state index contributed by atoms with van der Waals surface area (Å²) in [6, 6.07) is 7.96. The standard InChI is InChI=1S/C12H15NO2/c13-12(11(14)15)7-3-6-9-4-1-2-5-10(9)8-12/h1-2,4-5H,3,6-8,13H2,(H,14,15). The van der Waals surface area contributed by atoms with Gasteiger partial charge < -0.3 is 10.8 Å². The first-order chi connectivity index (χ1) is 7.12. The van der Waals surface area contributed by atoms with Crippen LogP contribution < -0.4 is 5.73 Å². The highest BCUT2D eigenvalue weighted by Crippen LogP contribution is 2.26. The van der Waals surface area contributed by atoms with E-state index in [1.807, 2.05) is 18.2 Å². The molecule has 1 aliphatic carbocycles. The maximum atomic E-state index is 11.1. The molecule has 3 heteroatoms. The van der Waals surface area contributed by atoms with Crippen LogP contribution in [0.2, 0.25) is 0 Å². The van der Waals surface area contributed by atoms with E-state index in [0.717, 1.165) is 18.4 Å². The van der Waals surface area contributed by atoms with E-state index in [1.165, 1.54) is 5.56 Å². The van der Waals surface area contributed by atoms with Gasteiger partial charge in [-0.2, -0.15) is 0 Å². The normalized spacial score (nSPS) is 25.4. The first kappa shape index (κ1) is 10.2. The van der Waals surface area contributed by atoms with Gasteiger partial charge in [0.25, 0.3) is 0 Å². The molecule has 0 radical (unpaired) electrons. The molecule has 2 rings (SSSR count). The van der Waals surface area contributed by atoms with Crippen molar-refractivity contribution in [2.45, 2.75) is 31.2 Å². The zero-order valence-electron chi connectivity index (χ0n) is 8.57. The van der Waals surface area contributed by atoms with Gasteiger partial charge in [-0.05, 0) is 30.4 Å². The number of carbonyl (C=O) groups is 1. The number of hydrogen-bond acceptors (Lipinski definition) is 2. The van der Waals surface area contributed by atoms with Crippen LogP contribution in [0.25, 0.3) is 0 Å². The minimum absolute atomic E-state index is 0.443. The Labute approximate surface area is 88.9 Å². The van der Waals surface area contributed by atoms with Gasteiger partial charge in [0.1, 0.15) is 5.54 Å². The van der Waals surface area contributed by atoms with E-state index >= 15 is 0 Å². The van der Waals surface area contributed by atoms with E-state index in [-0.39, 0.29) is 0 Å². The summed E-state index contributed by atoms with van der Waals surface area (Å²) in [5, 5.41) is 9.12. The highest BCUT2D eigenvalue weighted by Gasteiger charge is 2.35. The van der Waals surface area contributed by atoms with Gasteiger partial charge in [-0.3, -0.25) is 4.79 Å². The Morgan fingerprint density at radius 1 is 1.33 bits per heavy atom. The fourth-order valence-corrected chi connectivity index (χ4v) is 2.18. The second kappa shape index (κ2) is 3.66. The van der Waals surface area contributed by atoms with E-state index in [9.17, 15) is 4.79 Å². The summed E-state index contributed by atoms with van der Waals surface area (Å²) in [5.74, 6) is -0.890. The molecule has 15 heavy (non-hydrogen) atoms. The van der Waals surface area contributed by atoms with Crippen LogP contribution in [0.1, 0.15) is 24.0 Å². The van der Waals surface area contributed by atoms with Gasteiger partial charge in [-0.25, -0.2) is 0 Å². The number of hydrogen-bond donors (Lipinski definition) is 2. The summed E-state index contributed by atoms with van der Waals surface area (Å²) in [4.78, 5) is 11.1. The smallest absolute Gasteiger partial charge is 0.324 e. The first-order valence-corrected chi connectivity index (χ1v) is 5.21. The lowest BCUT2D eigenvalue weighted by Gasteiger charge is -2.22. The van der Waals surface area contributed by atoms with Crippen molar-refractivity contribution in [1.29, 1.82) is 0 Å². The molecule has 1 aromatic rings. The lowest BCUT2D eigenvalue weighted by atomic mass is 9.89. The summed E-state index contributed by atoms with van der Waals surface area (Å²) < 4.78 is 0. The van der Waals surface area contributed by atoms with Crippen LogP contribution in [-0.2, 0) is 17.6 Å². The zero-order chi connectivity index (χ0) is 10.9. The quantitative estimate of drug-likeness (QED) is 0.680. The Bertz CT molecular complexity index is 389. The topological polar surface area (TPSA) is 63.3 Å². The number of rotatable bonds is 1. The van der Waals surface area contributed by atoms with Crippen LogP contribution in [0.3, 0.4) is 0 Å². The van der Waals surface area contributed by atoms with Crippen molar-refractivity contribution in [3.8, 4) is 0 Å². The van der Waals surface area contributed by atoms with Crippen molar-refractivity contribution < 1.29 is 9.90 Å². The Morgan fingerprint density at radius 2 is 2.00 bits per heavy atom. The molecule has 0 amide bonds. The van der Waals surface area contributed by atoms with Crippen molar-refractivity contribution in [2.75, 3.05) is 0 Å². The van der Waals surface area contributed by atoms with Crippen LogP contribution in [-0.4, -0.2) is 16.6 Å². The zero-order valence-corrected chi connectivity index (χ0v) is 8.57. The van der Waals surface area contributed by atoms with E-state index in [0.29, 0.717) is 12.8 Å². The molecule has 0 aromatic heterocycles. The predicted octanol–water partition coefficient (Wildman–Crippen LogP) is 1.35. The van der Waals surface area contributed by atoms with E-state index in [4.69, 9.17) is 10.8 Å².